The van der Waals surface area contributed by atoms with E-state index >= 15 is 0 Å². The summed E-state index contributed by atoms with van der Waals surface area (Å²) in [6, 6.07) is 18.4. The van der Waals surface area contributed by atoms with Gasteiger partial charge in [0.15, 0.2) is 0 Å². The summed E-state index contributed by atoms with van der Waals surface area (Å²) in [5, 5.41) is 2.73. The van der Waals surface area contributed by atoms with E-state index in [4.69, 9.17) is 16.3 Å². The second kappa shape index (κ2) is 9.91. The van der Waals surface area contributed by atoms with Crippen molar-refractivity contribution in [2.24, 2.45) is 0 Å². The Hall–Kier alpha value is -2.94. The van der Waals surface area contributed by atoms with Crippen molar-refractivity contribution in [1.29, 1.82) is 0 Å². The van der Waals surface area contributed by atoms with Crippen molar-refractivity contribution in [3.8, 4) is 5.75 Å². The van der Waals surface area contributed by atoms with Crippen LogP contribution in [0.4, 0.5) is 10.1 Å². The molecule has 3 aromatic carbocycles. The van der Waals surface area contributed by atoms with E-state index in [-0.39, 0.29) is 27.9 Å². The lowest BCUT2D eigenvalue weighted by molar-refractivity contribution is -0.116. The Bertz CT molecular complexity index is 1170. The first-order chi connectivity index (χ1) is 14.8. The van der Waals surface area contributed by atoms with Crippen molar-refractivity contribution in [3.05, 3.63) is 89.2 Å². The van der Waals surface area contributed by atoms with E-state index < -0.39 is 28.3 Å². The molecule has 1 N–H and O–H groups in total. The normalized spacial score (nSPS) is 11.4. The van der Waals surface area contributed by atoms with Gasteiger partial charge < -0.3 is 10.1 Å². The maximum Gasteiger partial charge on any atom is 0.247 e. The Morgan fingerprint density at radius 2 is 1.81 bits per heavy atom. The number of hydrogen-bond donors (Lipinski definition) is 1. The molecule has 0 radical (unpaired) electrons. The van der Waals surface area contributed by atoms with Crippen LogP contribution in [0.2, 0.25) is 5.02 Å². The van der Waals surface area contributed by atoms with Crippen LogP contribution in [-0.2, 0) is 21.4 Å². The molecule has 0 bridgehead atoms. The molecule has 0 aliphatic carbocycles. The Balaban J connectivity index is 1.94. The van der Waals surface area contributed by atoms with E-state index in [1.165, 1.54) is 43.5 Å². The first kappa shape index (κ1) is 22.7. The largest absolute Gasteiger partial charge is 0.495 e. The highest BCUT2D eigenvalue weighted by Crippen LogP contribution is 2.30. The van der Waals surface area contributed by atoms with Crippen molar-refractivity contribution in [1.82, 2.24) is 4.31 Å². The van der Waals surface area contributed by atoms with Crippen LogP contribution in [0.5, 0.6) is 5.75 Å². The third kappa shape index (κ3) is 5.81. The number of carbonyl (C=O) groups is 1. The van der Waals surface area contributed by atoms with E-state index in [2.05, 4.69) is 5.32 Å². The van der Waals surface area contributed by atoms with Crippen LogP contribution in [0, 0.1) is 5.82 Å². The molecule has 9 heteroatoms. The van der Waals surface area contributed by atoms with Crippen molar-refractivity contribution < 1.29 is 22.3 Å². The Morgan fingerprint density at radius 3 is 2.48 bits per heavy atom. The van der Waals surface area contributed by atoms with Crippen LogP contribution in [0.3, 0.4) is 0 Å². The van der Waals surface area contributed by atoms with Gasteiger partial charge in [-0.2, -0.15) is 4.31 Å². The molecule has 31 heavy (non-hydrogen) atoms. The maximum atomic E-state index is 13.5. The zero-order valence-electron chi connectivity index (χ0n) is 16.6. The minimum atomic E-state index is -4.17. The minimum absolute atomic E-state index is 0.0601. The number of methoxy groups -OCH3 is 1. The molecule has 0 aromatic heterocycles. The van der Waals surface area contributed by atoms with Crippen molar-refractivity contribution in [2.45, 2.75) is 11.4 Å². The topological polar surface area (TPSA) is 75.7 Å². The number of nitrogens with one attached hydrogen (secondary N) is 1. The number of benzene rings is 3. The number of amides is 1. The van der Waals surface area contributed by atoms with Crippen molar-refractivity contribution in [2.75, 3.05) is 19.0 Å². The molecule has 3 aromatic rings. The summed E-state index contributed by atoms with van der Waals surface area (Å²) in [6.07, 6.45) is 0. The molecule has 6 nitrogen and oxygen atoms in total. The molecule has 0 saturated carbocycles. The smallest absolute Gasteiger partial charge is 0.247 e. The van der Waals surface area contributed by atoms with Gasteiger partial charge in [0.25, 0.3) is 0 Å². The summed E-state index contributed by atoms with van der Waals surface area (Å²) in [4.78, 5) is 12.5. The fourth-order valence-electron chi connectivity index (χ4n) is 2.93. The fourth-order valence-corrected chi connectivity index (χ4v) is 4.73. The summed E-state index contributed by atoms with van der Waals surface area (Å²) in [7, 11) is -2.82. The first-order valence-corrected chi connectivity index (χ1v) is 11.0. The van der Waals surface area contributed by atoms with Gasteiger partial charge in [0.2, 0.25) is 15.9 Å². The maximum absolute atomic E-state index is 13.5. The molecule has 162 valence electrons. The molecular weight excluding hydrogens is 443 g/mol. The van der Waals surface area contributed by atoms with Crippen LogP contribution in [0.15, 0.2) is 77.7 Å². The summed E-state index contributed by atoms with van der Waals surface area (Å²) >= 11 is 6.02. The number of ether oxygens (including phenoxy) is 1. The number of anilines is 1. The third-order valence-corrected chi connectivity index (χ3v) is 6.42. The highest BCUT2D eigenvalue weighted by Gasteiger charge is 2.30. The lowest BCUT2D eigenvalue weighted by Crippen LogP contribution is -2.37. The van der Waals surface area contributed by atoms with Crippen LogP contribution in [0.1, 0.15) is 5.56 Å². The third-order valence-electron chi connectivity index (χ3n) is 4.37. The van der Waals surface area contributed by atoms with E-state index in [1.807, 2.05) is 0 Å². The van der Waals surface area contributed by atoms with Gasteiger partial charge >= 0.3 is 0 Å². The fraction of sp³-hybridized carbons (Fsp3) is 0.136. The number of sulfonamides is 1. The second-order valence-electron chi connectivity index (χ2n) is 6.61. The number of hydrogen-bond acceptors (Lipinski definition) is 4. The molecule has 0 fully saturated rings. The Labute approximate surface area is 185 Å². The van der Waals surface area contributed by atoms with Crippen LogP contribution in [-0.4, -0.2) is 32.3 Å². The first-order valence-electron chi connectivity index (χ1n) is 9.22. The monoisotopic (exact) mass is 462 g/mol. The van der Waals surface area contributed by atoms with Gasteiger partial charge in [-0.3, -0.25) is 4.79 Å². The Morgan fingerprint density at radius 1 is 1.06 bits per heavy atom. The quantitative estimate of drug-likeness (QED) is 0.541. The standard InChI is InChI=1S/C22H20ClFN2O4S/c1-30-20-11-10-17(23)12-21(20)31(28,29)26(14-16-6-3-2-4-7-16)15-22(27)25-19-9-5-8-18(24)13-19/h2-13H,14-15H2,1H3,(H,25,27). The number of carbonyl (C=O) groups excluding carboxylic acids is 1. The van der Waals surface area contributed by atoms with Gasteiger partial charge in [-0.15, -0.1) is 0 Å². The van der Waals surface area contributed by atoms with Gasteiger partial charge in [0.1, 0.15) is 16.5 Å². The van der Waals surface area contributed by atoms with E-state index in [0.29, 0.717) is 5.56 Å². The Kier molecular flexibility index (Phi) is 7.27. The summed E-state index contributed by atoms with van der Waals surface area (Å²) < 4.78 is 46.5. The van der Waals surface area contributed by atoms with Gasteiger partial charge in [-0.25, -0.2) is 12.8 Å². The zero-order chi connectivity index (χ0) is 22.4. The van der Waals surface area contributed by atoms with Gasteiger partial charge in [0.05, 0.1) is 13.7 Å². The van der Waals surface area contributed by atoms with E-state index in [0.717, 1.165) is 10.4 Å². The van der Waals surface area contributed by atoms with Crippen LogP contribution in [0.25, 0.3) is 0 Å². The zero-order valence-corrected chi connectivity index (χ0v) is 18.2. The van der Waals surface area contributed by atoms with E-state index in [9.17, 15) is 17.6 Å². The molecule has 0 spiro atoms. The number of nitrogens with zero attached hydrogens (tertiary/aromatic N) is 1. The van der Waals surface area contributed by atoms with Crippen LogP contribution < -0.4 is 10.1 Å². The molecule has 0 heterocycles. The second-order valence-corrected chi connectivity index (χ2v) is 8.96. The summed E-state index contributed by atoms with van der Waals surface area (Å²) in [5.41, 5.74) is 0.910. The van der Waals surface area contributed by atoms with Crippen molar-refractivity contribution in [3.63, 3.8) is 0 Å². The lowest BCUT2D eigenvalue weighted by atomic mass is 10.2. The molecule has 0 saturated heterocycles. The van der Waals surface area contributed by atoms with Crippen LogP contribution >= 0.6 is 11.6 Å². The lowest BCUT2D eigenvalue weighted by Gasteiger charge is -2.23. The molecule has 0 aliphatic rings. The summed E-state index contributed by atoms with van der Waals surface area (Å²) in [5.74, 6) is -1.03. The molecular formula is C22H20ClFN2O4S. The number of halogens is 2. The molecule has 0 unspecified atom stereocenters. The number of rotatable bonds is 8. The average Bonchev–Trinajstić information content (AvgIpc) is 2.74. The highest BCUT2D eigenvalue weighted by molar-refractivity contribution is 7.89. The SMILES string of the molecule is COc1ccc(Cl)cc1S(=O)(=O)N(CC(=O)Nc1cccc(F)c1)Cc1ccccc1. The molecule has 0 atom stereocenters. The predicted octanol–water partition coefficient (Wildman–Crippen LogP) is 4.32. The van der Waals surface area contributed by atoms with Gasteiger partial charge in [-0.05, 0) is 42.0 Å². The van der Waals surface area contributed by atoms with E-state index in [1.54, 1.807) is 30.3 Å². The van der Waals surface area contributed by atoms with Crippen molar-refractivity contribution >= 4 is 33.2 Å². The predicted molar refractivity (Wildman–Crippen MR) is 117 cm³/mol. The average molecular weight is 463 g/mol. The molecule has 3 rings (SSSR count). The highest BCUT2D eigenvalue weighted by atomic mass is 35.5. The van der Waals surface area contributed by atoms with Gasteiger partial charge in [0, 0.05) is 17.3 Å². The minimum Gasteiger partial charge on any atom is -0.495 e. The van der Waals surface area contributed by atoms with Gasteiger partial charge in [-0.1, -0.05) is 48.0 Å². The molecule has 1 amide bonds. The molecule has 0 aliphatic heterocycles. The summed E-state index contributed by atoms with van der Waals surface area (Å²) in [6.45, 7) is -0.557.